The Hall–Kier alpha value is -3.23. The minimum absolute atomic E-state index is 0.152. The maximum absolute atomic E-state index is 12.6. The van der Waals surface area contributed by atoms with Gasteiger partial charge in [-0.15, -0.1) is 10.2 Å². The zero-order valence-electron chi connectivity index (χ0n) is 16.9. The smallest absolute Gasteiger partial charge is 0.234 e. The van der Waals surface area contributed by atoms with Crippen LogP contribution in [0.25, 0.3) is 11.4 Å². The number of benzene rings is 2. The first kappa shape index (κ1) is 21.0. The third kappa shape index (κ3) is 4.60. The summed E-state index contributed by atoms with van der Waals surface area (Å²) in [5, 5.41) is 12.8. The topological polar surface area (TPSA) is 74.0 Å². The third-order valence-corrected chi connectivity index (χ3v) is 5.96. The second-order valence-electron chi connectivity index (χ2n) is 6.66. The first-order chi connectivity index (χ1) is 15.1. The van der Waals surface area contributed by atoms with Crippen molar-refractivity contribution in [2.45, 2.75) is 12.1 Å². The van der Waals surface area contributed by atoms with E-state index in [0.717, 1.165) is 16.9 Å². The number of amides is 1. The molecule has 0 bridgehead atoms. The van der Waals surface area contributed by atoms with Crippen molar-refractivity contribution < 1.29 is 9.53 Å². The van der Waals surface area contributed by atoms with Gasteiger partial charge < -0.3 is 10.1 Å². The van der Waals surface area contributed by atoms with Gasteiger partial charge in [-0.3, -0.25) is 9.47 Å². The molecule has 1 N–H and O–H groups in total. The van der Waals surface area contributed by atoms with Crippen LogP contribution < -0.4 is 10.1 Å². The average molecular weight is 454 g/mol. The molecule has 0 saturated carbocycles. The van der Waals surface area contributed by atoms with Gasteiger partial charge in [0, 0.05) is 28.7 Å². The Morgan fingerprint density at radius 1 is 1.13 bits per heavy atom. The molecule has 4 rings (SSSR count). The molecule has 158 valence electrons. The number of anilines is 1. The van der Waals surface area contributed by atoms with E-state index in [-0.39, 0.29) is 11.7 Å². The van der Waals surface area contributed by atoms with Crippen molar-refractivity contribution >= 4 is 35.0 Å². The van der Waals surface area contributed by atoms with E-state index in [0.29, 0.717) is 21.7 Å². The van der Waals surface area contributed by atoms with Crippen LogP contribution in [-0.2, 0) is 4.79 Å². The number of nitrogens with one attached hydrogen (secondary N) is 1. The Kier molecular flexibility index (Phi) is 6.29. The largest absolute Gasteiger partial charge is 0.497 e. The summed E-state index contributed by atoms with van der Waals surface area (Å²) >= 11 is 7.44. The van der Waals surface area contributed by atoms with Crippen molar-refractivity contribution in [1.82, 2.24) is 19.5 Å². The van der Waals surface area contributed by atoms with Gasteiger partial charge in [0.05, 0.1) is 12.9 Å². The fraction of sp³-hybridized carbons (Fsp3) is 0.136. The zero-order chi connectivity index (χ0) is 21.8. The van der Waals surface area contributed by atoms with E-state index in [1.165, 1.54) is 11.8 Å². The van der Waals surface area contributed by atoms with Crippen LogP contribution in [-0.4, -0.2) is 38.3 Å². The van der Waals surface area contributed by atoms with Gasteiger partial charge in [-0.05, 0) is 48.9 Å². The molecule has 9 heteroatoms. The first-order valence-electron chi connectivity index (χ1n) is 9.48. The Balaban J connectivity index is 1.58. The van der Waals surface area contributed by atoms with E-state index in [1.807, 2.05) is 71.1 Å². The fourth-order valence-corrected chi connectivity index (χ4v) is 3.93. The van der Waals surface area contributed by atoms with Crippen LogP contribution in [0, 0.1) is 6.92 Å². The van der Waals surface area contributed by atoms with Gasteiger partial charge in [0.2, 0.25) is 11.1 Å². The summed E-state index contributed by atoms with van der Waals surface area (Å²) < 4.78 is 9.07. The van der Waals surface area contributed by atoms with Crippen LogP contribution in [0.3, 0.4) is 0 Å². The Morgan fingerprint density at radius 3 is 2.68 bits per heavy atom. The maximum Gasteiger partial charge on any atom is 0.234 e. The predicted molar refractivity (Wildman–Crippen MR) is 123 cm³/mol. The van der Waals surface area contributed by atoms with Crippen molar-refractivity contribution in [3.63, 3.8) is 0 Å². The second kappa shape index (κ2) is 9.28. The minimum Gasteiger partial charge on any atom is -0.497 e. The molecule has 0 aliphatic heterocycles. The Labute approximate surface area is 189 Å². The lowest BCUT2D eigenvalue weighted by Crippen LogP contribution is -2.16. The molecule has 0 radical (unpaired) electrons. The molecule has 0 aliphatic carbocycles. The van der Waals surface area contributed by atoms with E-state index < -0.39 is 0 Å². The van der Waals surface area contributed by atoms with Gasteiger partial charge in [0.25, 0.3) is 0 Å². The SMILES string of the molecule is COc1cccc(-c2nnc(SCC(=O)Nc3cccc(Cl)c3C)n2-n2cccc2)c1. The molecule has 2 aromatic heterocycles. The van der Waals surface area contributed by atoms with Crippen molar-refractivity contribution in [3.8, 4) is 17.1 Å². The molecule has 4 aromatic rings. The first-order valence-corrected chi connectivity index (χ1v) is 10.8. The van der Waals surface area contributed by atoms with Crippen LogP contribution in [0.2, 0.25) is 5.02 Å². The highest BCUT2D eigenvalue weighted by atomic mass is 35.5. The molecule has 0 unspecified atom stereocenters. The second-order valence-corrected chi connectivity index (χ2v) is 8.01. The molecule has 7 nitrogen and oxygen atoms in total. The highest BCUT2D eigenvalue weighted by Crippen LogP contribution is 2.27. The molecule has 2 aromatic carbocycles. The van der Waals surface area contributed by atoms with E-state index in [2.05, 4.69) is 15.5 Å². The molecule has 0 aliphatic rings. The number of rotatable bonds is 7. The summed E-state index contributed by atoms with van der Waals surface area (Å²) in [6, 6.07) is 16.9. The quantitative estimate of drug-likeness (QED) is 0.408. The lowest BCUT2D eigenvalue weighted by atomic mass is 10.2. The lowest BCUT2D eigenvalue weighted by molar-refractivity contribution is -0.113. The lowest BCUT2D eigenvalue weighted by Gasteiger charge is -2.12. The van der Waals surface area contributed by atoms with Crippen LogP contribution in [0.5, 0.6) is 5.75 Å². The molecular weight excluding hydrogens is 434 g/mol. The summed E-state index contributed by atoms with van der Waals surface area (Å²) in [4.78, 5) is 12.6. The summed E-state index contributed by atoms with van der Waals surface area (Å²) in [5.41, 5.74) is 2.38. The summed E-state index contributed by atoms with van der Waals surface area (Å²) in [6.07, 6.45) is 3.79. The Bertz CT molecular complexity index is 1210. The number of halogens is 1. The van der Waals surface area contributed by atoms with Crippen LogP contribution in [0.4, 0.5) is 5.69 Å². The highest BCUT2D eigenvalue weighted by molar-refractivity contribution is 7.99. The van der Waals surface area contributed by atoms with Gasteiger partial charge in [-0.25, -0.2) is 4.68 Å². The monoisotopic (exact) mass is 453 g/mol. The predicted octanol–water partition coefficient (Wildman–Crippen LogP) is 4.76. The van der Waals surface area contributed by atoms with Gasteiger partial charge in [0.1, 0.15) is 5.75 Å². The third-order valence-electron chi connectivity index (χ3n) is 4.63. The van der Waals surface area contributed by atoms with Gasteiger partial charge in [-0.2, -0.15) is 0 Å². The zero-order valence-corrected chi connectivity index (χ0v) is 18.5. The number of thioether (sulfide) groups is 1. The van der Waals surface area contributed by atoms with Crippen molar-refractivity contribution in [1.29, 1.82) is 0 Å². The molecular formula is C22H20ClN5O2S. The van der Waals surface area contributed by atoms with Crippen molar-refractivity contribution in [3.05, 3.63) is 77.6 Å². The number of carbonyl (C=O) groups excluding carboxylic acids is 1. The van der Waals surface area contributed by atoms with Gasteiger partial charge >= 0.3 is 0 Å². The number of nitrogens with zero attached hydrogens (tertiary/aromatic N) is 4. The van der Waals surface area contributed by atoms with E-state index in [1.54, 1.807) is 19.2 Å². The van der Waals surface area contributed by atoms with E-state index >= 15 is 0 Å². The van der Waals surface area contributed by atoms with E-state index in [4.69, 9.17) is 16.3 Å². The highest BCUT2D eigenvalue weighted by Gasteiger charge is 2.18. The van der Waals surface area contributed by atoms with Crippen LogP contribution in [0.1, 0.15) is 5.56 Å². The number of aromatic nitrogens is 4. The average Bonchev–Trinajstić information content (AvgIpc) is 3.45. The molecule has 2 heterocycles. The summed E-state index contributed by atoms with van der Waals surface area (Å²) in [5.74, 6) is 1.39. The number of ether oxygens (including phenoxy) is 1. The molecule has 31 heavy (non-hydrogen) atoms. The van der Waals surface area contributed by atoms with Crippen molar-refractivity contribution in [2.75, 3.05) is 18.2 Å². The van der Waals surface area contributed by atoms with Crippen molar-refractivity contribution in [2.24, 2.45) is 0 Å². The van der Waals surface area contributed by atoms with E-state index in [9.17, 15) is 4.79 Å². The van der Waals surface area contributed by atoms with Crippen LogP contribution >= 0.6 is 23.4 Å². The number of hydrogen-bond donors (Lipinski definition) is 1. The normalized spacial score (nSPS) is 10.8. The molecule has 0 fully saturated rings. The summed E-state index contributed by atoms with van der Waals surface area (Å²) in [6.45, 7) is 1.87. The molecule has 1 amide bonds. The van der Waals surface area contributed by atoms with Gasteiger partial charge in [-0.1, -0.05) is 41.6 Å². The number of methoxy groups -OCH3 is 1. The summed E-state index contributed by atoms with van der Waals surface area (Å²) in [7, 11) is 1.62. The minimum atomic E-state index is -0.152. The number of hydrogen-bond acceptors (Lipinski definition) is 5. The van der Waals surface area contributed by atoms with Gasteiger partial charge in [0.15, 0.2) is 5.82 Å². The maximum atomic E-state index is 12.6. The standard InChI is InChI=1S/C22H20ClN5O2S/c1-15-18(23)9-6-10-19(15)24-20(29)14-31-22-26-25-21(28(22)27-11-3-4-12-27)16-7-5-8-17(13-16)30-2/h3-13H,14H2,1-2H3,(H,24,29). The molecule has 0 atom stereocenters. The number of carbonyl (C=O) groups is 1. The van der Waals surface area contributed by atoms with Crippen LogP contribution in [0.15, 0.2) is 72.1 Å². The molecule has 0 spiro atoms. The molecule has 0 saturated heterocycles. The fourth-order valence-electron chi connectivity index (χ4n) is 3.02. The Morgan fingerprint density at radius 2 is 1.90 bits per heavy atom.